The average Bonchev–Trinajstić information content (AvgIpc) is 2.99. The van der Waals surface area contributed by atoms with Crippen molar-refractivity contribution in [2.45, 2.75) is 25.3 Å². The first-order valence-electron chi connectivity index (χ1n) is 7.21. The molecule has 3 N–H and O–H groups in total. The van der Waals surface area contributed by atoms with Crippen LogP contribution in [0.15, 0.2) is 24.4 Å². The first kappa shape index (κ1) is 15.6. The highest BCUT2D eigenvalue weighted by Gasteiger charge is 2.28. The molecule has 1 aliphatic rings. The lowest BCUT2D eigenvalue weighted by Crippen LogP contribution is -2.17. The number of carbonyl (C=O) groups excluding carboxylic acids is 1. The minimum absolute atomic E-state index is 0.0889. The summed E-state index contributed by atoms with van der Waals surface area (Å²) >= 11 is 0. The van der Waals surface area contributed by atoms with Crippen LogP contribution in [-0.4, -0.2) is 10.5 Å². The molecular weight excluding hydrogens is 307 g/mol. The van der Waals surface area contributed by atoms with Crippen LogP contribution in [0.3, 0.4) is 0 Å². The number of hydrogen-bond acceptors (Lipinski definition) is 2. The number of rotatable bonds is 3. The number of nitrogens with two attached hydrogens (primary N) is 1. The maximum Gasteiger partial charge on any atom is 0.272 e. The Hall–Kier alpha value is -2.28. The van der Waals surface area contributed by atoms with Crippen LogP contribution in [0.5, 0.6) is 0 Å². The molecule has 0 radical (unpaired) electrons. The predicted octanol–water partition coefficient (Wildman–Crippen LogP) is 3.30. The number of amides is 1. The number of alkyl halides is 2. The van der Waals surface area contributed by atoms with Crippen molar-refractivity contribution in [3.63, 3.8) is 0 Å². The minimum Gasteiger partial charge on any atom is -0.346 e. The maximum absolute atomic E-state index is 13.3. The first-order valence-corrected chi connectivity index (χ1v) is 7.21. The van der Waals surface area contributed by atoms with Gasteiger partial charge in [-0.2, -0.15) is 0 Å². The quantitative estimate of drug-likeness (QED) is 0.910. The summed E-state index contributed by atoms with van der Waals surface area (Å²) in [5.41, 5.74) is 7.65. The summed E-state index contributed by atoms with van der Waals surface area (Å²) in [6.07, 6.45) is 0.352. The van der Waals surface area contributed by atoms with Crippen LogP contribution in [0, 0.1) is 5.82 Å². The molecule has 1 aromatic carbocycles. The summed E-state index contributed by atoms with van der Waals surface area (Å²) in [4.78, 5) is 12.5. The number of anilines is 1. The summed E-state index contributed by atoms with van der Waals surface area (Å²) in [7, 11) is 1.73. The van der Waals surface area contributed by atoms with Crippen molar-refractivity contribution >= 4 is 11.6 Å². The van der Waals surface area contributed by atoms with Gasteiger partial charge in [0.2, 0.25) is 0 Å². The van der Waals surface area contributed by atoms with Crippen molar-refractivity contribution in [2.75, 3.05) is 5.32 Å². The molecule has 0 saturated heterocycles. The van der Waals surface area contributed by atoms with Crippen LogP contribution < -0.4 is 11.1 Å². The molecule has 4 nitrogen and oxygen atoms in total. The Bertz CT molecular complexity index is 770. The standard InChI is InChI=1S/C16H16F3N3O/c1-22-7-11-9(3-5-13(11)20)14(22)16(23)21-8-2-4-12(17)10(6-8)15(18)19/h2,4,6-7,13,15H,3,5,20H2,1H3,(H,21,23)/t13-/m1/s1. The normalized spacial score (nSPS) is 16.7. The second-order valence-electron chi connectivity index (χ2n) is 5.66. The maximum atomic E-state index is 13.3. The Morgan fingerprint density at radius 2 is 2.17 bits per heavy atom. The zero-order valence-corrected chi connectivity index (χ0v) is 12.4. The van der Waals surface area contributed by atoms with Crippen LogP contribution in [0.1, 0.15) is 46.1 Å². The molecule has 7 heteroatoms. The number of fused-ring (bicyclic) bond motifs is 1. The molecule has 0 saturated carbocycles. The van der Waals surface area contributed by atoms with Crippen LogP contribution in [-0.2, 0) is 13.5 Å². The predicted molar refractivity (Wildman–Crippen MR) is 80.0 cm³/mol. The second kappa shape index (κ2) is 5.73. The Morgan fingerprint density at radius 3 is 2.87 bits per heavy atom. The number of aryl methyl sites for hydroxylation is 1. The lowest BCUT2D eigenvalue weighted by Gasteiger charge is -2.10. The summed E-state index contributed by atoms with van der Waals surface area (Å²) in [5, 5.41) is 2.55. The summed E-state index contributed by atoms with van der Waals surface area (Å²) in [5.74, 6) is -1.42. The fourth-order valence-electron chi connectivity index (χ4n) is 3.01. The summed E-state index contributed by atoms with van der Waals surface area (Å²) in [6.45, 7) is 0. The van der Waals surface area contributed by atoms with E-state index in [2.05, 4.69) is 5.32 Å². The minimum atomic E-state index is -2.94. The fourth-order valence-corrected chi connectivity index (χ4v) is 3.01. The molecule has 23 heavy (non-hydrogen) atoms. The Morgan fingerprint density at radius 1 is 1.43 bits per heavy atom. The van der Waals surface area contributed by atoms with Gasteiger partial charge in [0, 0.05) is 25.0 Å². The Balaban J connectivity index is 1.89. The molecule has 3 rings (SSSR count). The van der Waals surface area contributed by atoms with Crippen LogP contribution in [0.25, 0.3) is 0 Å². The third-order valence-corrected chi connectivity index (χ3v) is 4.13. The fraction of sp³-hybridized carbons (Fsp3) is 0.312. The first-order chi connectivity index (χ1) is 10.9. The van der Waals surface area contributed by atoms with Crippen LogP contribution in [0.2, 0.25) is 0 Å². The van der Waals surface area contributed by atoms with Gasteiger partial charge in [0.05, 0.1) is 5.56 Å². The van der Waals surface area contributed by atoms with Gasteiger partial charge in [-0.3, -0.25) is 4.79 Å². The van der Waals surface area contributed by atoms with Crippen LogP contribution >= 0.6 is 0 Å². The van der Waals surface area contributed by atoms with E-state index in [0.29, 0.717) is 12.1 Å². The summed E-state index contributed by atoms with van der Waals surface area (Å²) < 4.78 is 40.5. The third kappa shape index (κ3) is 2.72. The molecule has 1 atom stereocenters. The van der Waals surface area contributed by atoms with E-state index in [9.17, 15) is 18.0 Å². The Labute approximate surface area is 131 Å². The van der Waals surface area contributed by atoms with Crippen molar-refractivity contribution in [1.29, 1.82) is 0 Å². The van der Waals surface area contributed by atoms with Crippen molar-refractivity contribution in [2.24, 2.45) is 12.8 Å². The molecule has 2 aromatic rings. The molecular formula is C16H16F3N3O. The number of halogens is 3. The number of nitrogens with one attached hydrogen (secondary N) is 1. The van der Waals surface area contributed by atoms with E-state index in [-0.39, 0.29) is 11.7 Å². The average molecular weight is 323 g/mol. The third-order valence-electron chi connectivity index (χ3n) is 4.13. The van der Waals surface area contributed by atoms with E-state index in [4.69, 9.17) is 5.73 Å². The van der Waals surface area contributed by atoms with Crippen molar-refractivity contribution in [1.82, 2.24) is 4.57 Å². The number of hydrogen-bond donors (Lipinski definition) is 2. The smallest absolute Gasteiger partial charge is 0.272 e. The van der Waals surface area contributed by atoms with E-state index in [1.165, 1.54) is 6.07 Å². The van der Waals surface area contributed by atoms with Crippen molar-refractivity contribution < 1.29 is 18.0 Å². The van der Waals surface area contributed by atoms with Gasteiger partial charge in [0.1, 0.15) is 11.5 Å². The lowest BCUT2D eigenvalue weighted by molar-refractivity contribution is 0.101. The highest BCUT2D eigenvalue weighted by molar-refractivity contribution is 6.04. The molecule has 0 fully saturated rings. The Kier molecular flexibility index (Phi) is 3.89. The molecule has 0 unspecified atom stereocenters. The molecule has 1 aromatic heterocycles. The zero-order valence-electron chi connectivity index (χ0n) is 12.4. The van der Waals surface area contributed by atoms with Gasteiger partial charge < -0.3 is 15.6 Å². The van der Waals surface area contributed by atoms with E-state index in [1.54, 1.807) is 11.6 Å². The van der Waals surface area contributed by atoms with Gasteiger partial charge in [-0.05, 0) is 42.2 Å². The van der Waals surface area contributed by atoms with Gasteiger partial charge in [-0.25, -0.2) is 13.2 Å². The molecule has 0 spiro atoms. The molecule has 0 aliphatic heterocycles. The molecule has 1 heterocycles. The van der Waals surface area contributed by atoms with Gasteiger partial charge in [0.25, 0.3) is 12.3 Å². The van der Waals surface area contributed by atoms with Gasteiger partial charge in [-0.1, -0.05) is 0 Å². The summed E-state index contributed by atoms with van der Waals surface area (Å²) in [6, 6.07) is 3.04. The number of nitrogens with zero attached hydrogens (tertiary/aromatic N) is 1. The molecule has 1 amide bonds. The van der Waals surface area contributed by atoms with Crippen molar-refractivity contribution in [3.8, 4) is 0 Å². The molecule has 1 aliphatic carbocycles. The van der Waals surface area contributed by atoms with Gasteiger partial charge in [0.15, 0.2) is 0 Å². The largest absolute Gasteiger partial charge is 0.346 e. The number of carbonyl (C=O) groups is 1. The SMILES string of the molecule is Cn1cc2c(c1C(=O)Nc1ccc(F)c(C(F)F)c1)CC[C@H]2N. The van der Waals surface area contributed by atoms with E-state index >= 15 is 0 Å². The van der Waals surface area contributed by atoms with E-state index < -0.39 is 23.7 Å². The topological polar surface area (TPSA) is 60.0 Å². The van der Waals surface area contributed by atoms with Crippen molar-refractivity contribution in [3.05, 3.63) is 52.6 Å². The van der Waals surface area contributed by atoms with Crippen LogP contribution in [0.4, 0.5) is 18.9 Å². The lowest BCUT2D eigenvalue weighted by atomic mass is 10.1. The number of aromatic nitrogens is 1. The monoisotopic (exact) mass is 323 g/mol. The second-order valence-corrected chi connectivity index (χ2v) is 5.66. The highest BCUT2D eigenvalue weighted by Crippen LogP contribution is 2.33. The van der Waals surface area contributed by atoms with Gasteiger partial charge >= 0.3 is 0 Å². The highest BCUT2D eigenvalue weighted by atomic mass is 19.3. The van der Waals surface area contributed by atoms with Gasteiger partial charge in [-0.15, -0.1) is 0 Å². The van der Waals surface area contributed by atoms with E-state index in [1.807, 2.05) is 6.20 Å². The van der Waals surface area contributed by atoms with E-state index in [0.717, 1.165) is 29.7 Å². The molecule has 0 bridgehead atoms. The zero-order chi connectivity index (χ0) is 16.7. The number of benzene rings is 1. The molecule has 122 valence electrons.